The highest BCUT2D eigenvalue weighted by molar-refractivity contribution is 5.81. The van der Waals surface area contributed by atoms with Crippen molar-refractivity contribution >= 4 is 5.96 Å². The first kappa shape index (κ1) is 8.10. The Labute approximate surface area is 76.2 Å². The Morgan fingerprint density at radius 2 is 2.62 bits per heavy atom. The summed E-state index contributed by atoms with van der Waals surface area (Å²) in [5.41, 5.74) is 0.901. The van der Waals surface area contributed by atoms with E-state index < -0.39 is 0 Å². The van der Waals surface area contributed by atoms with Gasteiger partial charge in [-0.2, -0.15) is 0 Å². The lowest BCUT2D eigenvalue weighted by atomic mass is 10.4. The quantitative estimate of drug-likeness (QED) is 0.674. The summed E-state index contributed by atoms with van der Waals surface area (Å²) in [6.07, 6.45) is 0. The fraction of sp³-hybridized carbons (Fsp3) is 0.500. The minimum Gasteiger partial charge on any atom is -0.359 e. The number of hydrogen-bond acceptors (Lipinski definition) is 5. The Hall–Kier alpha value is -1.52. The van der Waals surface area contributed by atoms with Crippen LogP contribution in [0.3, 0.4) is 0 Å². The molecule has 0 amide bonds. The van der Waals surface area contributed by atoms with E-state index in [9.17, 15) is 0 Å². The van der Waals surface area contributed by atoms with Crippen molar-refractivity contribution in [1.82, 2.24) is 15.8 Å². The monoisotopic (exact) mass is 180 g/mol. The number of aryl methyl sites for hydroxylation is 1. The first-order chi connectivity index (χ1) is 6.34. The molecule has 0 saturated heterocycles. The summed E-state index contributed by atoms with van der Waals surface area (Å²) in [7, 11) is 0. The fourth-order valence-electron chi connectivity index (χ4n) is 1.19. The molecule has 2 rings (SSSR count). The molecular formula is C8H12N4O. The zero-order valence-electron chi connectivity index (χ0n) is 7.50. The van der Waals surface area contributed by atoms with Crippen molar-refractivity contribution in [2.24, 2.45) is 4.99 Å². The van der Waals surface area contributed by atoms with Crippen LogP contribution in [0.15, 0.2) is 15.6 Å². The predicted octanol–water partition coefficient (Wildman–Crippen LogP) is 0.0318. The van der Waals surface area contributed by atoms with E-state index in [4.69, 9.17) is 4.52 Å². The van der Waals surface area contributed by atoms with Crippen molar-refractivity contribution in [3.05, 3.63) is 17.5 Å². The summed E-state index contributed by atoms with van der Waals surface area (Å²) in [5, 5.41) is 10.0. The summed E-state index contributed by atoms with van der Waals surface area (Å²) in [6.45, 7) is 4.29. The van der Waals surface area contributed by atoms with Gasteiger partial charge >= 0.3 is 0 Å². The normalized spacial score (nSPS) is 15.3. The number of hydrogen-bond donors (Lipinski definition) is 2. The third kappa shape index (κ3) is 1.99. The zero-order chi connectivity index (χ0) is 9.10. The maximum Gasteiger partial charge on any atom is 0.191 e. The van der Waals surface area contributed by atoms with Gasteiger partial charge in [0, 0.05) is 12.6 Å². The van der Waals surface area contributed by atoms with Gasteiger partial charge in [0.25, 0.3) is 0 Å². The summed E-state index contributed by atoms with van der Waals surface area (Å²) >= 11 is 0. The van der Waals surface area contributed by atoms with Gasteiger partial charge in [0.1, 0.15) is 0 Å². The first-order valence-corrected chi connectivity index (χ1v) is 4.29. The Bertz CT molecular complexity index is 318. The van der Waals surface area contributed by atoms with E-state index in [1.165, 1.54) is 0 Å². The van der Waals surface area contributed by atoms with Gasteiger partial charge in [-0.15, -0.1) is 0 Å². The SMILES string of the molecule is Cc1cc(CNC2=NCCN2)on1. The second kappa shape index (κ2) is 3.47. The van der Waals surface area contributed by atoms with Crippen molar-refractivity contribution < 1.29 is 4.52 Å². The molecular weight excluding hydrogens is 168 g/mol. The molecule has 0 fully saturated rings. The van der Waals surface area contributed by atoms with Gasteiger partial charge in [-0.25, -0.2) is 0 Å². The highest BCUT2D eigenvalue weighted by atomic mass is 16.5. The molecule has 13 heavy (non-hydrogen) atoms. The molecule has 0 aromatic carbocycles. The van der Waals surface area contributed by atoms with E-state index in [0.29, 0.717) is 6.54 Å². The van der Waals surface area contributed by atoms with Crippen LogP contribution in [0.2, 0.25) is 0 Å². The number of nitrogens with zero attached hydrogens (tertiary/aromatic N) is 2. The zero-order valence-corrected chi connectivity index (χ0v) is 7.50. The molecule has 1 aliphatic rings. The number of aliphatic imine (C=N–C) groups is 1. The second-order valence-electron chi connectivity index (χ2n) is 2.95. The van der Waals surface area contributed by atoms with Crippen molar-refractivity contribution in [1.29, 1.82) is 0 Å². The molecule has 70 valence electrons. The summed E-state index contributed by atoms with van der Waals surface area (Å²) < 4.78 is 5.03. The van der Waals surface area contributed by atoms with Crippen molar-refractivity contribution in [3.8, 4) is 0 Å². The lowest BCUT2D eigenvalue weighted by Gasteiger charge is -2.02. The van der Waals surface area contributed by atoms with Crippen LogP contribution in [-0.2, 0) is 6.54 Å². The average molecular weight is 180 g/mol. The lowest BCUT2D eigenvalue weighted by Crippen LogP contribution is -2.33. The van der Waals surface area contributed by atoms with Gasteiger partial charge in [-0.1, -0.05) is 5.16 Å². The van der Waals surface area contributed by atoms with Crippen LogP contribution in [0.1, 0.15) is 11.5 Å². The topological polar surface area (TPSA) is 62.5 Å². The van der Waals surface area contributed by atoms with Gasteiger partial charge < -0.3 is 15.2 Å². The molecule has 0 radical (unpaired) electrons. The maximum absolute atomic E-state index is 5.03. The van der Waals surface area contributed by atoms with Crippen LogP contribution in [0.25, 0.3) is 0 Å². The molecule has 5 heteroatoms. The van der Waals surface area contributed by atoms with Crippen molar-refractivity contribution in [2.75, 3.05) is 13.1 Å². The van der Waals surface area contributed by atoms with Crippen LogP contribution >= 0.6 is 0 Å². The van der Waals surface area contributed by atoms with Crippen molar-refractivity contribution in [2.45, 2.75) is 13.5 Å². The minimum atomic E-state index is 0.632. The average Bonchev–Trinajstić information content (AvgIpc) is 2.71. The highest BCUT2D eigenvalue weighted by Gasteiger charge is 2.05. The second-order valence-corrected chi connectivity index (χ2v) is 2.95. The van der Waals surface area contributed by atoms with E-state index >= 15 is 0 Å². The van der Waals surface area contributed by atoms with E-state index in [-0.39, 0.29) is 0 Å². The molecule has 0 unspecified atom stereocenters. The number of rotatable bonds is 2. The summed E-state index contributed by atoms with van der Waals surface area (Å²) in [5.74, 6) is 1.67. The molecule has 5 nitrogen and oxygen atoms in total. The number of guanidine groups is 1. The third-order valence-electron chi connectivity index (χ3n) is 1.78. The molecule has 1 aliphatic heterocycles. The molecule has 0 atom stereocenters. The smallest absolute Gasteiger partial charge is 0.191 e. The van der Waals surface area contributed by atoms with Crippen LogP contribution in [0, 0.1) is 6.92 Å². The molecule has 2 heterocycles. The Morgan fingerprint density at radius 1 is 1.69 bits per heavy atom. The molecule has 0 bridgehead atoms. The summed E-state index contributed by atoms with van der Waals surface area (Å²) in [6, 6.07) is 1.91. The van der Waals surface area contributed by atoms with E-state index in [2.05, 4.69) is 20.8 Å². The largest absolute Gasteiger partial charge is 0.359 e. The maximum atomic E-state index is 5.03. The molecule has 0 aliphatic carbocycles. The van der Waals surface area contributed by atoms with E-state index in [1.807, 2.05) is 13.0 Å². The van der Waals surface area contributed by atoms with Gasteiger partial charge in [-0.3, -0.25) is 4.99 Å². The van der Waals surface area contributed by atoms with Crippen LogP contribution in [-0.4, -0.2) is 24.2 Å². The third-order valence-corrected chi connectivity index (χ3v) is 1.78. The van der Waals surface area contributed by atoms with Gasteiger partial charge in [0.15, 0.2) is 11.7 Å². The standard InChI is InChI=1S/C8H12N4O/c1-6-4-7(13-12-6)5-11-8-9-2-3-10-8/h4H,2-3,5H2,1H3,(H2,9,10,11). The molecule has 2 N–H and O–H groups in total. The van der Waals surface area contributed by atoms with Crippen LogP contribution in [0.5, 0.6) is 0 Å². The van der Waals surface area contributed by atoms with E-state index in [1.54, 1.807) is 0 Å². The first-order valence-electron chi connectivity index (χ1n) is 4.29. The van der Waals surface area contributed by atoms with Crippen LogP contribution < -0.4 is 10.6 Å². The fourth-order valence-corrected chi connectivity index (χ4v) is 1.19. The summed E-state index contributed by atoms with van der Waals surface area (Å²) in [4.78, 5) is 4.19. The van der Waals surface area contributed by atoms with Crippen molar-refractivity contribution in [3.63, 3.8) is 0 Å². The number of aromatic nitrogens is 1. The number of nitrogens with one attached hydrogen (secondary N) is 2. The predicted molar refractivity (Wildman–Crippen MR) is 48.4 cm³/mol. The molecule has 0 spiro atoms. The van der Waals surface area contributed by atoms with Gasteiger partial charge in [-0.05, 0) is 6.92 Å². The Morgan fingerprint density at radius 3 is 3.23 bits per heavy atom. The van der Waals surface area contributed by atoms with Gasteiger partial charge in [0.05, 0.1) is 18.8 Å². The molecule has 0 saturated carbocycles. The van der Waals surface area contributed by atoms with Crippen LogP contribution in [0.4, 0.5) is 0 Å². The van der Waals surface area contributed by atoms with Gasteiger partial charge in [0.2, 0.25) is 0 Å². The Kier molecular flexibility index (Phi) is 2.16. The molecule has 1 aromatic rings. The lowest BCUT2D eigenvalue weighted by molar-refractivity contribution is 0.376. The molecule has 1 aromatic heterocycles. The Balaban J connectivity index is 1.85. The highest BCUT2D eigenvalue weighted by Crippen LogP contribution is 2.00. The van der Waals surface area contributed by atoms with E-state index in [0.717, 1.165) is 30.5 Å². The minimum absolute atomic E-state index is 0.632.